The van der Waals surface area contributed by atoms with Crippen LogP contribution in [0.2, 0.25) is 0 Å². The largest absolute Gasteiger partial charge is 0.358 e. The molecule has 1 amide bonds. The van der Waals surface area contributed by atoms with E-state index in [2.05, 4.69) is 38.7 Å². The van der Waals surface area contributed by atoms with Crippen LogP contribution in [0.4, 0.5) is 0 Å². The van der Waals surface area contributed by atoms with E-state index in [9.17, 15) is 4.79 Å². The highest BCUT2D eigenvalue weighted by Gasteiger charge is 1.94. The minimum absolute atomic E-state index is 0.0783. The molecule has 0 radical (unpaired) electrons. The summed E-state index contributed by atoms with van der Waals surface area (Å²) < 4.78 is 0. The van der Waals surface area contributed by atoms with Gasteiger partial charge in [0.25, 0.3) is 0 Å². The van der Waals surface area contributed by atoms with Crippen molar-refractivity contribution in [2.45, 2.75) is 73.1 Å². The summed E-state index contributed by atoms with van der Waals surface area (Å²) in [5, 5.41) is 2.78. The van der Waals surface area contributed by atoms with Crippen LogP contribution in [0.5, 0.6) is 0 Å². The number of rotatable bonds is 9. The van der Waals surface area contributed by atoms with E-state index in [-0.39, 0.29) is 5.91 Å². The van der Waals surface area contributed by atoms with Gasteiger partial charge in [-0.15, -0.1) is 0 Å². The molecule has 0 atom stereocenters. The molecule has 0 unspecified atom stereocenters. The van der Waals surface area contributed by atoms with Crippen LogP contribution in [-0.4, -0.2) is 19.0 Å². The molecule has 0 rings (SSSR count). The van der Waals surface area contributed by atoms with E-state index in [1.165, 1.54) is 32.1 Å². The van der Waals surface area contributed by atoms with Crippen LogP contribution in [0.3, 0.4) is 0 Å². The number of nitrogens with one attached hydrogen (secondary N) is 1. The second-order valence-corrected chi connectivity index (χ2v) is 6.12. The molecule has 0 aromatic heterocycles. The lowest BCUT2D eigenvalue weighted by Gasteiger charge is -2.04. The molecule has 0 aliphatic rings. The van der Waals surface area contributed by atoms with Gasteiger partial charge in [-0.2, -0.15) is 0 Å². The van der Waals surface area contributed by atoms with Crippen molar-refractivity contribution in [3.05, 3.63) is 0 Å². The third-order valence-electron chi connectivity index (χ3n) is 2.86. The minimum Gasteiger partial charge on any atom is -0.358 e. The van der Waals surface area contributed by atoms with Crippen LogP contribution >= 0.6 is 0 Å². The van der Waals surface area contributed by atoms with Crippen molar-refractivity contribution in [3.63, 3.8) is 0 Å². The van der Waals surface area contributed by atoms with E-state index in [1.807, 2.05) is 0 Å². The van der Waals surface area contributed by atoms with E-state index in [4.69, 9.17) is 0 Å². The fourth-order valence-electron chi connectivity index (χ4n) is 1.67. The lowest BCUT2D eigenvalue weighted by Crippen LogP contribution is -2.50. The molecule has 0 aliphatic carbocycles. The van der Waals surface area contributed by atoms with Gasteiger partial charge in [-0.25, -0.2) is 0 Å². The quantitative estimate of drug-likeness (QED) is 0.623. The highest BCUT2D eigenvalue weighted by molar-refractivity contribution is 5.72. The molecule has 0 fully saturated rings. The molecular weight excluding hydrogens is 236 g/mol. The Bertz CT molecular complexity index is 191. The van der Waals surface area contributed by atoms with Crippen molar-refractivity contribution in [3.8, 4) is 0 Å². The monoisotopic (exact) mass is 273 g/mol. The predicted molar refractivity (Wildman–Crippen MR) is 83.8 cm³/mol. The summed E-state index contributed by atoms with van der Waals surface area (Å²) >= 11 is 0. The maximum absolute atomic E-state index is 10.4. The molecule has 19 heavy (non-hydrogen) atoms. The normalized spacial score (nSPS) is 10.3. The molecule has 0 aromatic carbocycles. The Morgan fingerprint density at radius 3 is 1.79 bits per heavy atom. The summed E-state index contributed by atoms with van der Waals surface area (Å²) in [6, 6.07) is 0. The van der Waals surface area contributed by atoms with E-state index in [1.54, 1.807) is 6.92 Å². The third-order valence-corrected chi connectivity index (χ3v) is 2.86. The molecule has 0 saturated carbocycles. The Hall–Kier alpha value is -0.570. The van der Waals surface area contributed by atoms with Gasteiger partial charge in [0.15, 0.2) is 0 Å². The highest BCUT2D eigenvalue weighted by atomic mass is 16.1. The second kappa shape index (κ2) is 15.5. The van der Waals surface area contributed by atoms with Crippen molar-refractivity contribution in [1.82, 2.24) is 5.32 Å². The van der Waals surface area contributed by atoms with Gasteiger partial charge >= 0.3 is 0 Å². The molecule has 0 aliphatic heterocycles. The van der Waals surface area contributed by atoms with Crippen LogP contribution < -0.4 is 11.1 Å². The summed E-state index contributed by atoms with van der Waals surface area (Å²) in [5.74, 6) is 1.74. The minimum atomic E-state index is 0.0783. The number of hydrogen-bond acceptors (Lipinski definition) is 1. The fraction of sp³-hybridized carbons (Fsp3) is 0.938. The maximum atomic E-state index is 10.4. The number of quaternary nitrogens is 1. The number of amides is 1. The summed E-state index contributed by atoms with van der Waals surface area (Å²) in [6.45, 7) is 12.5. The number of carbonyl (C=O) groups excluding carboxylic acids is 1. The molecule has 116 valence electrons. The van der Waals surface area contributed by atoms with Crippen molar-refractivity contribution in [1.29, 1.82) is 0 Å². The first-order valence-corrected chi connectivity index (χ1v) is 7.93. The van der Waals surface area contributed by atoms with Gasteiger partial charge in [0.05, 0.1) is 6.54 Å². The average Bonchev–Trinajstić information content (AvgIpc) is 2.28. The number of carbonyl (C=O) groups is 1. The molecule has 0 heterocycles. The molecule has 0 saturated heterocycles. The van der Waals surface area contributed by atoms with Gasteiger partial charge in [0.1, 0.15) is 0 Å². The SMILES string of the molecule is CC(=O)NCCCCC(C)C.CC(C)CCCC[NH3+]. The van der Waals surface area contributed by atoms with Gasteiger partial charge < -0.3 is 11.1 Å². The van der Waals surface area contributed by atoms with Gasteiger partial charge in [-0.3, -0.25) is 4.79 Å². The summed E-state index contributed by atoms with van der Waals surface area (Å²) in [5.41, 5.74) is 3.78. The van der Waals surface area contributed by atoms with E-state index >= 15 is 0 Å². The van der Waals surface area contributed by atoms with E-state index in [0.717, 1.165) is 31.3 Å². The first kappa shape index (κ1) is 20.7. The van der Waals surface area contributed by atoms with E-state index in [0.29, 0.717) is 0 Å². The highest BCUT2D eigenvalue weighted by Crippen LogP contribution is 2.05. The lowest BCUT2D eigenvalue weighted by molar-refractivity contribution is -0.368. The Balaban J connectivity index is 0. The van der Waals surface area contributed by atoms with Crippen molar-refractivity contribution in [2.24, 2.45) is 11.8 Å². The molecule has 3 heteroatoms. The zero-order valence-corrected chi connectivity index (χ0v) is 13.9. The van der Waals surface area contributed by atoms with Gasteiger partial charge in [0.2, 0.25) is 5.91 Å². The number of hydrogen-bond donors (Lipinski definition) is 2. The van der Waals surface area contributed by atoms with Gasteiger partial charge in [-0.1, -0.05) is 47.0 Å². The molecule has 3 nitrogen and oxygen atoms in total. The smallest absolute Gasteiger partial charge is 0.216 e. The summed E-state index contributed by atoms with van der Waals surface area (Å²) in [4.78, 5) is 10.4. The predicted octanol–water partition coefficient (Wildman–Crippen LogP) is 3.00. The fourth-order valence-corrected chi connectivity index (χ4v) is 1.67. The van der Waals surface area contributed by atoms with Crippen LogP contribution in [-0.2, 0) is 4.79 Å². The van der Waals surface area contributed by atoms with Crippen molar-refractivity contribution >= 4 is 5.91 Å². The maximum Gasteiger partial charge on any atom is 0.216 e. The molecule has 4 N–H and O–H groups in total. The topological polar surface area (TPSA) is 56.7 Å². The average molecular weight is 273 g/mol. The van der Waals surface area contributed by atoms with Crippen LogP contribution in [0.1, 0.15) is 73.1 Å². The first-order chi connectivity index (χ1) is 8.90. The Kier molecular flexibility index (Phi) is 16.9. The van der Waals surface area contributed by atoms with Gasteiger partial charge in [0, 0.05) is 13.5 Å². The lowest BCUT2D eigenvalue weighted by atomic mass is 10.1. The zero-order valence-electron chi connectivity index (χ0n) is 13.9. The molecular formula is C16H37N2O+. The third kappa shape index (κ3) is 26.9. The van der Waals surface area contributed by atoms with Gasteiger partial charge in [-0.05, 0) is 31.1 Å². The van der Waals surface area contributed by atoms with Crippen molar-refractivity contribution in [2.75, 3.05) is 13.1 Å². The Morgan fingerprint density at radius 1 is 0.947 bits per heavy atom. The summed E-state index contributed by atoms with van der Waals surface area (Å²) in [7, 11) is 0. The first-order valence-electron chi connectivity index (χ1n) is 7.93. The van der Waals surface area contributed by atoms with Crippen molar-refractivity contribution < 1.29 is 10.5 Å². The second-order valence-electron chi connectivity index (χ2n) is 6.12. The molecule has 0 bridgehead atoms. The standard InChI is InChI=1S/C9H19NO.C7H17N/c1-8(2)6-4-5-7-10-9(3)11;1-7(2)5-3-4-6-8/h8H,4-7H2,1-3H3,(H,10,11);7H,3-6,8H2,1-2H3/p+1. The summed E-state index contributed by atoms with van der Waals surface area (Å²) in [6.07, 6.45) is 7.63. The van der Waals surface area contributed by atoms with Crippen LogP contribution in [0.25, 0.3) is 0 Å². The van der Waals surface area contributed by atoms with Crippen LogP contribution in [0, 0.1) is 11.8 Å². The number of unbranched alkanes of at least 4 members (excludes halogenated alkanes) is 2. The Labute approximate surface area is 120 Å². The molecule has 0 aromatic rings. The Morgan fingerprint density at radius 2 is 1.42 bits per heavy atom. The van der Waals surface area contributed by atoms with Crippen LogP contribution in [0.15, 0.2) is 0 Å². The zero-order chi connectivity index (χ0) is 15.1. The molecule has 0 spiro atoms. The van der Waals surface area contributed by atoms with E-state index < -0.39 is 0 Å².